The third kappa shape index (κ3) is 2.28. The molecule has 90 valence electrons. The fourth-order valence-corrected chi connectivity index (χ4v) is 1.90. The lowest BCUT2D eigenvalue weighted by Gasteiger charge is -2.04. The van der Waals surface area contributed by atoms with Crippen molar-refractivity contribution in [3.8, 4) is 17.0 Å². The van der Waals surface area contributed by atoms with Crippen molar-refractivity contribution in [1.82, 2.24) is 4.98 Å². The van der Waals surface area contributed by atoms with Crippen LogP contribution in [-0.4, -0.2) is 12.1 Å². The quantitative estimate of drug-likeness (QED) is 0.912. The highest BCUT2D eigenvalue weighted by Gasteiger charge is 2.13. The SMILES string of the molecule is COc1ccc(-c2nc(C)oc2CN)cc1Cl. The zero-order valence-corrected chi connectivity index (χ0v) is 10.4. The van der Waals surface area contributed by atoms with Gasteiger partial charge in [-0.05, 0) is 18.2 Å². The summed E-state index contributed by atoms with van der Waals surface area (Å²) in [5.74, 6) is 1.88. The van der Waals surface area contributed by atoms with E-state index in [1.807, 2.05) is 6.07 Å². The molecule has 0 atom stereocenters. The second kappa shape index (κ2) is 4.77. The maximum absolute atomic E-state index is 6.07. The van der Waals surface area contributed by atoms with Crippen molar-refractivity contribution in [3.63, 3.8) is 0 Å². The number of rotatable bonds is 3. The number of aryl methyl sites for hydroxylation is 1. The molecule has 2 N–H and O–H groups in total. The summed E-state index contributed by atoms with van der Waals surface area (Å²) in [5, 5.41) is 0.536. The highest BCUT2D eigenvalue weighted by Crippen LogP contribution is 2.31. The van der Waals surface area contributed by atoms with Crippen LogP contribution in [0.15, 0.2) is 22.6 Å². The van der Waals surface area contributed by atoms with Crippen molar-refractivity contribution in [1.29, 1.82) is 0 Å². The summed E-state index contributed by atoms with van der Waals surface area (Å²) in [5.41, 5.74) is 7.20. The van der Waals surface area contributed by atoms with Crippen LogP contribution in [0, 0.1) is 6.92 Å². The van der Waals surface area contributed by atoms with Gasteiger partial charge in [0.1, 0.15) is 17.2 Å². The van der Waals surface area contributed by atoms with Crippen molar-refractivity contribution in [3.05, 3.63) is 34.9 Å². The molecule has 1 heterocycles. The number of benzene rings is 1. The van der Waals surface area contributed by atoms with Gasteiger partial charge in [0.15, 0.2) is 5.89 Å². The predicted octanol–water partition coefficient (Wildman–Crippen LogP) is 2.77. The Kier molecular flexibility index (Phi) is 3.36. The lowest BCUT2D eigenvalue weighted by Crippen LogP contribution is -1.96. The summed E-state index contributed by atoms with van der Waals surface area (Å²) < 4.78 is 10.5. The standard InChI is InChI=1S/C12H13ClN2O2/c1-7-15-12(11(6-14)17-7)8-3-4-10(16-2)9(13)5-8/h3-5H,6,14H2,1-2H3. The molecule has 1 aromatic heterocycles. The first-order valence-electron chi connectivity index (χ1n) is 5.16. The van der Waals surface area contributed by atoms with Gasteiger partial charge in [0, 0.05) is 12.5 Å². The van der Waals surface area contributed by atoms with Gasteiger partial charge < -0.3 is 14.9 Å². The van der Waals surface area contributed by atoms with E-state index in [1.54, 1.807) is 26.2 Å². The van der Waals surface area contributed by atoms with Crippen molar-refractivity contribution < 1.29 is 9.15 Å². The number of nitrogens with zero attached hydrogens (tertiary/aromatic N) is 1. The fraction of sp³-hybridized carbons (Fsp3) is 0.250. The minimum atomic E-state index is 0.305. The van der Waals surface area contributed by atoms with Gasteiger partial charge in [-0.25, -0.2) is 4.98 Å². The minimum Gasteiger partial charge on any atom is -0.495 e. The molecule has 0 aliphatic rings. The predicted molar refractivity (Wildman–Crippen MR) is 66.1 cm³/mol. The van der Waals surface area contributed by atoms with Crippen molar-refractivity contribution in [2.75, 3.05) is 7.11 Å². The van der Waals surface area contributed by atoms with Gasteiger partial charge in [0.25, 0.3) is 0 Å². The number of methoxy groups -OCH3 is 1. The van der Waals surface area contributed by atoms with Crippen LogP contribution in [-0.2, 0) is 6.54 Å². The molecule has 17 heavy (non-hydrogen) atoms. The molecule has 0 unspecified atom stereocenters. The van der Waals surface area contributed by atoms with Gasteiger partial charge in [-0.2, -0.15) is 0 Å². The van der Waals surface area contributed by atoms with Crippen molar-refractivity contribution in [2.24, 2.45) is 5.73 Å². The smallest absolute Gasteiger partial charge is 0.191 e. The third-order valence-corrected chi connectivity index (χ3v) is 2.71. The van der Waals surface area contributed by atoms with Crippen molar-refractivity contribution >= 4 is 11.6 Å². The molecule has 2 rings (SSSR count). The zero-order chi connectivity index (χ0) is 12.4. The molecule has 0 radical (unpaired) electrons. The number of halogens is 1. The van der Waals surface area contributed by atoms with Crippen LogP contribution in [0.4, 0.5) is 0 Å². The van der Waals surface area contributed by atoms with E-state index in [-0.39, 0.29) is 0 Å². The molecule has 0 aliphatic carbocycles. The lowest BCUT2D eigenvalue weighted by molar-refractivity contribution is 0.415. The first kappa shape index (κ1) is 12.0. The van der Waals surface area contributed by atoms with E-state index in [4.69, 9.17) is 26.5 Å². The molecular formula is C12H13ClN2O2. The van der Waals surface area contributed by atoms with Gasteiger partial charge >= 0.3 is 0 Å². The topological polar surface area (TPSA) is 61.3 Å². The van der Waals surface area contributed by atoms with Gasteiger partial charge in [0.05, 0.1) is 18.7 Å². The number of hydrogen-bond acceptors (Lipinski definition) is 4. The Bertz CT molecular complexity index is 537. The highest BCUT2D eigenvalue weighted by molar-refractivity contribution is 6.32. The van der Waals surface area contributed by atoms with Gasteiger partial charge in [-0.1, -0.05) is 11.6 Å². The summed E-state index contributed by atoms with van der Waals surface area (Å²) in [6.07, 6.45) is 0. The number of ether oxygens (including phenoxy) is 1. The maximum atomic E-state index is 6.07. The molecule has 0 saturated carbocycles. The van der Waals surface area contributed by atoms with E-state index < -0.39 is 0 Å². The molecule has 5 heteroatoms. The first-order chi connectivity index (χ1) is 8.15. The van der Waals surface area contributed by atoms with Crippen LogP contribution < -0.4 is 10.5 Å². The zero-order valence-electron chi connectivity index (χ0n) is 9.66. The van der Waals surface area contributed by atoms with Crippen LogP contribution in [0.5, 0.6) is 5.75 Å². The molecule has 0 spiro atoms. The highest BCUT2D eigenvalue weighted by atomic mass is 35.5. The lowest BCUT2D eigenvalue weighted by atomic mass is 10.1. The van der Waals surface area contributed by atoms with E-state index in [1.165, 1.54) is 0 Å². The minimum absolute atomic E-state index is 0.305. The molecule has 0 saturated heterocycles. The van der Waals surface area contributed by atoms with Crippen LogP contribution in [0.1, 0.15) is 11.7 Å². The molecule has 0 fully saturated rings. The fourth-order valence-electron chi connectivity index (χ4n) is 1.65. The van der Waals surface area contributed by atoms with Crippen molar-refractivity contribution in [2.45, 2.75) is 13.5 Å². The van der Waals surface area contributed by atoms with Gasteiger partial charge in [-0.15, -0.1) is 0 Å². The average Bonchev–Trinajstić information content (AvgIpc) is 2.70. The van der Waals surface area contributed by atoms with E-state index in [9.17, 15) is 0 Å². The maximum Gasteiger partial charge on any atom is 0.191 e. The van der Waals surface area contributed by atoms with Crippen LogP contribution in [0.3, 0.4) is 0 Å². The van der Waals surface area contributed by atoms with Crippen LogP contribution >= 0.6 is 11.6 Å². The Morgan fingerprint density at radius 1 is 1.47 bits per heavy atom. The van der Waals surface area contributed by atoms with Gasteiger partial charge in [-0.3, -0.25) is 0 Å². The Balaban J connectivity index is 2.49. The second-order valence-electron chi connectivity index (χ2n) is 3.56. The summed E-state index contributed by atoms with van der Waals surface area (Å²) in [6, 6.07) is 5.46. The second-order valence-corrected chi connectivity index (χ2v) is 3.97. The van der Waals surface area contributed by atoms with E-state index >= 15 is 0 Å². The van der Waals surface area contributed by atoms with Crippen LogP contribution in [0.25, 0.3) is 11.3 Å². The molecule has 0 aliphatic heterocycles. The molecule has 0 amide bonds. The molecule has 1 aromatic carbocycles. The molecule has 4 nitrogen and oxygen atoms in total. The van der Waals surface area contributed by atoms with Crippen LogP contribution in [0.2, 0.25) is 5.02 Å². The summed E-state index contributed by atoms with van der Waals surface area (Å²) in [4.78, 5) is 4.30. The molecular weight excluding hydrogens is 240 g/mol. The normalized spacial score (nSPS) is 10.6. The average molecular weight is 253 g/mol. The summed E-state index contributed by atoms with van der Waals surface area (Å²) in [7, 11) is 1.58. The monoisotopic (exact) mass is 252 g/mol. The van der Waals surface area contributed by atoms with E-state index in [0.717, 1.165) is 11.3 Å². The Hall–Kier alpha value is -1.52. The third-order valence-electron chi connectivity index (χ3n) is 2.41. The summed E-state index contributed by atoms with van der Waals surface area (Å²) in [6.45, 7) is 2.09. The number of aromatic nitrogens is 1. The first-order valence-corrected chi connectivity index (χ1v) is 5.53. The molecule has 0 bridgehead atoms. The number of nitrogens with two attached hydrogens (primary N) is 1. The Morgan fingerprint density at radius 2 is 2.24 bits per heavy atom. The Labute approximate surface area is 104 Å². The van der Waals surface area contributed by atoms with E-state index in [2.05, 4.69) is 4.98 Å². The number of oxazole rings is 1. The molecule has 2 aromatic rings. The number of hydrogen-bond donors (Lipinski definition) is 1. The summed E-state index contributed by atoms with van der Waals surface area (Å²) >= 11 is 6.07. The largest absolute Gasteiger partial charge is 0.495 e. The van der Waals surface area contributed by atoms with Gasteiger partial charge in [0.2, 0.25) is 0 Å². The Morgan fingerprint density at radius 3 is 2.82 bits per heavy atom. The van der Waals surface area contributed by atoms with E-state index in [0.29, 0.717) is 29.0 Å².